The summed E-state index contributed by atoms with van der Waals surface area (Å²) in [5.41, 5.74) is 3.50. The maximum absolute atomic E-state index is 12.0. The van der Waals surface area contributed by atoms with Crippen LogP contribution in [-0.2, 0) is 0 Å². The number of hydrogen-bond acceptors (Lipinski definition) is 3. The summed E-state index contributed by atoms with van der Waals surface area (Å²) in [6, 6.07) is 13.4. The van der Waals surface area contributed by atoms with E-state index in [1.165, 1.54) is 0 Å². The van der Waals surface area contributed by atoms with Crippen LogP contribution in [-0.4, -0.2) is 15.8 Å². The van der Waals surface area contributed by atoms with E-state index in [2.05, 4.69) is 9.97 Å². The molecular weight excluding hydrogens is 296 g/mol. The standard InChI is InChI=1S/C18H14N2O.ClH/c1-13-3-2-4-15-5-6-16(20-18(13)15)7-8-17(21)14-9-11-19-12-10-14;/h2-12H,1H3;1H/b8-7+;. The molecule has 0 saturated heterocycles. The summed E-state index contributed by atoms with van der Waals surface area (Å²) in [4.78, 5) is 20.5. The fourth-order valence-electron chi connectivity index (χ4n) is 2.18. The first-order chi connectivity index (χ1) is 10.2. The minimum absolute atomic E-state index is 0. The Morgan fingerprint density at radius 2 is 1.82 bits per heavy atom. The number of aryl methyl sites for hydroxylation is 1. The first-order valence-corrected chi connectivity index (χ1v) is 6.73. The second-order valence-corrected chi connectivity index (χ2v) is 4.82. The molecule has 3 rings (SSSR count). The Labute approximate surface area is 135 Å². The molecule has 0 aliphatic heterocycles. The van der Waals surface area contributed by atoms with Gasteiger partial charge in [-0.15, -0.1) is 12.4 Å². The lowest BCUT2D eigenvalue weighted by Gasteiger charge is -2.02. The first kappa shape index (κ1) is 15.9. The van der Waals surface area contributed by atoms with E-state index in [0.29, 0.717) is 5.56 Å². The molecule has 0 fully saturated rings. The second-order valence-electron chi connectivity index (χ2n) is 4.82. The van der Waals surface area contributed by atoms with Crippen LogP contribution >= 0.6 is 12.4 Å². The minimum Gasteiger partial charge on any atom is -0.289 e. The fourth-order valence-corrected chi connectivity index (χ4v) is 2.18. The van der Waals surface area contributed by atoms with Crippen LogP contribution in [0.3, 0.4) is 0 Å². The Balaban J connectivity index is 0.00000176. The smallest absolute Gasteiger partial charge is 0.186 e. The summed E-state index contributed by atoms with van der Waals surface area (Å²) in [6.07, 6.45) is 6.51. The summed E-state index contributed by atoms with van der Waals surface area (Å²) < 4.78 is 0. The summed E-state index contributed by atoms with van der Waals surface area (Å²) >= 11 is 0. The number of nitrogens with zero attached hydrogens (tertiary/aromatic N) is 2. The van der Waals surface area contributed by atoms with Gasteiger partial charge in [-0.1, -0.05) is 24.3 Å². The number of carbonyl (C=O) groups excluding carboxylic acids is 1. The molecule has 2 heterocycles. The molecule has 0 aliphatic rings. The van der Waals surface area contributed by atoms with Crippen molar-refractivity contribution in [1.82, 2.24) is 9.97 Å². The molecule has 0 amide bonds. The lowest BCUT2D eigenvalue weighted by Crippen LogP contribution is -1.94. The van der Waals surface area contributed by atoms with Gasteiger partial charge in [0.2, 0.25) is 0 Å². The van der Waals surface area contributed by atoms with Gasteiger partial charge in [-0.25, -0.2) is 4.98 Å². The molecule has 22 heavy (non-hydrogen) atoms. The average Bonchev–Trinajstić information content (AvgIpc) is 2.54. The second kappa shape index (κ2) is 6.96. The molecule has 0 spiro atoms. The number of halogens is 1. The van der Waals surface area contributed by atoms with E-state index >= 15 is 0 Å². The van der Waals surface area contributed by atoms with E-state index < -0.39 is 0 Å². The SMILES string of the molecule is Cc1cccc2ccc(/C=C/C(=O)c3ccncc3)nc12.Cl. The summed E-state index contributed by atoms with van der Waals surface area (Å²) in [5, 5.41) is 1.10. The van der Waals surface area contributed by atoms with Crippen LogP contribution < -0.4 is 0 Å². The van der Waals surface area contributed by atoms with Crippen molar-refractivity contribution < 1.29 is 4.79 Å². The third kappa shape index (κ3) is 3.38. The molecule has 0 radical (unpaired) electrons. The maximum Gasteiger partial charge on any atom is 0.186 e. The number of rotatable bonds is 3. The predicted octanol–water partition coefficient (Wildman–Crippen LogP) is 4.26. The Morgan fingerprint density at radius 3 is 2.59 bits per heavy atom. The number of benzene rings is 1. The third-order valence-corrected chi connectivity index (χ3v) is 3.31. The zero-order valence-corrected chi connectivity index (χ0v) is 12.9. The third-order valence-electron chi connectivity index (χ3n) is 3.31. The van der Waals surface area contributed by atoms with E-state index in [1.54, 1.807) is 36.7 Å². The normalized spacial score (nSPS) is 10.6. The predicted molar refractivity (Wildman–Crippen MR) is 91.3 cm³/mol. The number of para-hydroxylation sites is 1. The Hall–Kier alpha value is -2.52. The molecule has 0 unspecified atom stereocenters. The highest BCUT2D eigenvalue weighted by Crippen LogP contribution is 2.17. The Kier molecular flexibility index (Phi) is 5.02. The van der Waals surface area contributed by atoms with Gasteiger partial charge < -0.3 is 0 Å². The average molecular weight is 311 g/mol. The molecule has 0 N–H and O–H groups in total. The van der Waals surface area contributed by atoms with Gasteiger partial charge in [-0.3, -0.25) is 9.78 Å². The van der Waals surface area contributed by atoms with E-state index in [0.717, 1.165) is 22.2 Å². The fraction of sp³-hybridized carbons (Fsp3) is 0.0556. The molecule has 4 heteroatoms. The van der Waals surface area contributed by atoms with Gasteiger partial charge in [-0.2, -0.15) is 0 Å². The molecule has 1 aromatic carbocycles. The molecule has 0 bridgehead atoms. The highest BCUT2D eigenvalue weighted by atomic mass is 35.5. The van der Waals surface area contributed by atoms with Gasteiger partial charge in [0.15, 0.2) is 5.78 Å². The van der Waals surface area contributed by atoms with Crippen LogP contribution in [0.25, 0.3) is 17.0 Å². The van der Waals surface area contributed by atoms with Gasteiger partial charge in [0, 0.05) is 23.3 Å². The largest absolute Gasteiger partial charge is 0.289 e. The van der Waals surface area contributed by atoms with Crippen LogP contribution in [0.2, 0.25) is 0 Å². The number of allylic oxidation sites excluding steroid dienone is 1. The highest BCUT2D eigenvalue weighted by Gasteiger charge is 2.02. The van der Waals surface area contributed by atoms with Crippen LogP contribution in [0.4, 0.5) is 0 Å². The van der Waals surface area contributed by atoms with Gasteiger partial charge in [0.1, 0.15) is 0 Å². The molecule has 0 atom stereocenters. The molecule has 0 aliphatic carbocycles. The van der Waals surface area contributed by atoms with Crippen molar-refractivity contribution in [2.45, 2.75) is 6.92 Å². The lowest BCUT2D eigenvalue weighted by atomic mass is 10.1. The summed E-state index contributed by atoms with van der Waals surface area (Å²) in [7, 11) is 0. The number of aromatic nitrogens is 2. The van der Waals surface area contributed by atoms with Crippen LogP contribution in [0, 0.1) is 6.92 Å². The van der Waals surface area contributed by atoms with E-state index in [9.17, 15) is 4.79 Å². The van der Waals surface area contributed by atoms with Crippen molar-refractivity contribution in [3.8, 4) is 0 Å². The lowest BCUT2D eigenvalue weighted by molar-refractivity contribution is 0.104. The van der Waals surface area contributed by atoms with Gasteiger partial charge in [0.25, 0.3) is 0 Å². The van der Waals surface area contributed by atoms with Crippen molar-refractivity contribution >= 4 is 35.2 Å². The van der Waals surface area contributed by atoms with Crippen LogP contribution in [0.1, 0.15) is 21.6 Å². The van der Waals surface area contributed by atoms with Crippen molar-refractivity contribution in [2.24, 2.45) is 0 Å². The number of carbonyl (C=O) groups is 1. The minimum atomic E-state index is -0.0518. The monoisotopic (exact) mass is 310 g/mol. The van der Waals surface area contributed by atoms with Crippen LogP contribution in [0.5, 0.6) is 0 Å². The van der Waals surface area contributed by atoms with Crippen LogP contribution in [0.15, 0.2) is 60.9 Å². The van der Waals surface area contributed by atoms with E-state index in [4.69, 9.17) is 0 Å². The maximum atomic E-state index is 12.0. The Bertz CT molecular complexity index is 829. The van der Waals surface area contributed by atoms with Gasteiger partial charge in [0.05, 0.1) is 11.2 Å². The van der Waals surface area contributed by atoms with E-state index in [-0.39, 0.29) is 18.2 Å². The summed E-state index contributed by atoms with van der Waals surface area (Å²) in [5.74, 6) is -0.0518. The van der Waals surface area contributed by atoms with Crippen molar-refractivity contribution in [3.63, 3.8) is 0 Å². The quantitative estimate of drug-likeness (QED) is 0.536. The summed E-state index contributed by atoms with van der Waals surface area (Å²) in [6.45, 7) is 2.03. The first-order valence-electron chi connectivity index (χ1n) is 6.73. The Morgan fingerprint density at radius 1 is 1.05 bits per heavy atom. The van der Waals surface area contributed by atoms with Crippen molar-refractivity contribution in [2.75, 3.05) is 0 Å². The molecular formula is C18H15ClN2O. The van der Waals surface area contributed by atoms with E-state index in [1.807, 2.05) is 37.3 Å². The molecule has 3 aromatic rings. The van der Waals surface area contributed by atoms with Gasteiger partial charge in [-0.05, 0) is 42.8 Å². The number of ketones is 1. The zero-order valence-electron chi connectivity index (χ0n) is 12.1. The number of fused-ring (bicyclic) bond motifs is 1. The molecule has 3 nitrogen and oxygen atoms in total. The zero-order chi connectivity index (χ0) is 14.7. The van der Waals surface area contributed by atoms with Crippen molar-refractivity contribution in [3.05, 3.63) is 77.8 Å². The van der Waals surface area contributed by atoms with Gasteiger partial charge >= 0.3 is 0 Å². The van der Waals surface area contributed by atoms with Crippen molar-refractivity contribution in [1.29, 1.82) is 0 Å². The molecule has 110 valence electrons. The topological polar surface area (TPSA) is 42.9 Å². The number of pyridine rings is 2. The highest BCUT2D eigenvalue weighted by molar-refractivity contribution is 6.06. The molecule has 0 saturated carbocycles. The molecule has 2 aromatic heterocycles. The number of hydrogen-bond donors (Lipinski definition) is 0.